The number of nitrogens with two attached hydrogens (primary N) is 2. The molecule has 0 aliphatic heterocycles. The molecule has 2 nitrogen and oxygen atoms in total. The lowest BCUT2D eigenvalue weighted by Crippen LogP contribution is -2.22. The Balaban J connectivity index is 2.46. The monoisotopic (exact) mass is 282 g/mol. The van der Waals surface area contributed by atoms with Crippen molar-refractivity contribution in [3.8, 4) is 11.1 Å². The zero-order chi connectivity index (χ0) is 14.0. The topological polar surface area (TPSA) is 52.0 Å². The van der Waals surface area contributed by atoms with Crippen molar-refractivity contribution in [2.24, 2.45) is 11.5 Å². The van der Waals surface area contributed by atoms with Crippen molar-refractivity contribution >= 4 is 11.3 Å². The molecule has 0 fully saturated rings. The van der Waals surface area contributed by atoms with Crippen molar-refractivity contribution in [3.63, 3.8) is 0 Å². The van der Waals surface area contributed by atoms with E-state index in [1.807, 2.05) is 18.4 Å². The lowest BCUT2D eigenvalue weighted by Gasteiger charge is -2.12. The predicted molar refractivity (Wildman–Crippen MR) is 75.0 cm³/mol. The maximum Gasteiger partial charge on any atom is 0.167 e. The fraction of sp³-hybridized carbons (Fsp3) is 0.286. The number of halogens is 2. The van der Waals surface area contributed by atoms with Crippen LogP contribution in [-0.2, 0) is 6.42 Å². The van der Waals surface area contributed by atoms with Gasteiger partial charge in [0.05, 0.1) is 0 Å². The smallest absolute Gasteiger partial charge is 0.167 e. The van der Waals surface area contributed by atoms with Gasteiger partial charge in [-0.15, -0.1) is 11.3 Å². The standard InChI is InChI=1S/C14H16F2N2S/c1-2-9-5-8(7-19-9)10-3-4-11(12(18)6-17)14(16)13(10)15/h3-5,7,12H,2,6,17-18H2,1H3. The molecule has 19 heavy (non-hydrogen) atoms. The van der Waals surface area contributed by atoms with Gasteiger partial charge in [0.2, 0.25) is 0 Å². The SMILES string of the molecule is CCc1cc(-c2ccc(C(N)CN)c(F)c2F)cs1. The first-order valence-electron chi connectivity index (χ1n) is 6.09. The second kappa shape index (κ2) is 5.77. The molecule has 0 spiro atoms. The molecule has 1 aromatic heterocycles. The summed E-state index contributed by atoms with van der Waals surface area (Å²) in [5, 5.41) is 1.83. The van der Waals surface area contributed by atoms with Crippen molar-refractivity contribution in [1.82, 2.24) is 0 Å². The van der Waals surface area contributed by atoms with E-state index in [0.717, 1.165) is 11.3 Å². The van der Waals surface area contributed by atoms with Crippen molar-refractivity contribution < 1.29 is 8.78 Å². The van der Waals surface area contributed by atoms with Gasteiger partial charge in [0.15, 0.2) is 11.6 Å². The highest BCUT2D eigenvalue weighted by atomic mass is 32.1. The molecule has 0 saturated heterocycles. The van der Waals surface area contributed by atoms with Gasteiger partial charge in [0.1, 0.15) is 0 Å². The molecule has 4 N–H and O–H groups in total. The lowest BCUT2D eigenvalue weighted by molar-refractivity contribution is 0.491. The molecule has 1 unspecified atom stereocenters. The normalized spacial score (nSPS) is 12.7. The van der Waals surface area contributed by atoms with Crippen LogP contribution in [0.5, 0.6) is 0 Å². The summed E-state index contributed by atoms with van der Waals surface area (Å²) in [7, 11) is 0. The largest absolute Gasteiger partial charge is 0.329 e. The molecule has 0 aliphatic rings. The van der Waals surface area contributed by atoms with Gasteiger partial charge in [-0.25, -0.2) is 8.78 Å². The molecule has 2 aromatic rings. The van der Waals surface area contributed by atoms with Crippen LogP contribution in [0.2, 0.25) is 0 Å². The molecule has 2 rings (SSSR count). The van der Waals surface area contributed by atoms with Crippen molar-refractivity contribution in [1.29, 1.82) is 0 Å². The maximum absolute atomic E-state index is 14.1. The Hall–Kier alpha value is -1.30. The first-order valence-corrected chi connectivity index (χ1v) is 6.97. The van der Waals surface area contributed by atoms with Crippen LogP contribution in [0.1, 0.15) is 23.4 Å². The van der Waals surface area contributed by atoms with E-state index < -0.39 is 17.7 Å². The summed E-state index contributed by atoms with van der Waals surface area (Å²) in [4.78, 5) is 1.14. The molecule has 0 aliphatic carbocycles. The Labute approximate surface area is 115 Å². The van der Waals surface area contributed by atoms with E-state index in [1.165, 1.54) is 6.07 Å². The Kier molecular flexibility index (Phi) is 4.29. The molecule has 0 radical (unpaired) electrons. The van der Waals surface area contributed by atoms with Crippen LogP contribution in [0.4, 0.5) is 8.78 Å². The number of aryl methyl sites for hydroxylation is 1. The third-order valence-corrected chi connectivity index (χ3v) is 4.16. The third-order valence-electron chi connectivity index (χ3n) is 3.08. The maximum atomic E-state index is 14.1. The molecular formula is C14H16F2N2S. The highest BCUT2D eigenvalue weighted by Gasteiger charge is 2.18. The van der Waals surface area contributed by atoms with E-state index in [2.05, 4.69) is 0 Å². The van der Waals surface area contributed by atoms with E-state index in [4.69, 9.17) is 11.5 Å². The molecule has 1 atom stereocenters. The number of hydrogen-bond donors (Lipinski definition) is 2. The minimum absolute atomic E-state index is 0.0775. The second-order valence-electron chi connectivity index (χ2n) is 4.33. The zero-order valence-corrected chi connectivity index (χ0v) is 11.4. The summed E-state index contributed by atoms with van der Waals surface area (Å²) in [6, 6.07) is 4.27. The van der Waals surface area contributed by atoms with Crippen LogP contribution in [0, 0.1) is 11.6 Å². The Morgan fingerprint density at radius 3 is 2.58 bits per heavy atom. The molecule has 0 amide bonds. The van der Waals surface area contributed by atoms with Crippen molar-refractivity contribution in [2.75, 3.05) is 6.54 Å². The van der Waals surface area contributed by atoms with Crippen LogP contribution in [0.3, 0.4) is 0 Å². The first-order chi connectivity index (χ1) is 9.08. The summed E-state index contributed by atoms with van der Waals surface area (Å²) in [5.74, 6) is -1.76. The molecule has 1 aromatic carbocycles. The average molecular weight is 282 g/mol. The molecule has 102 valence electrons. The van der Waals surface area contributed by atoms with Crippen LogP contribution in [0.25, 0.3) is 11.1 Å². The highest BCUT2D eigenvalue weighted by molar-refractivity contribution is 7.10. The Bertz CT molecular complexity index is 581. The minimum Gasteiger partial charge on any atom is -0.329 e. The quantitative estimate of drug-likeness (QED) is 0.904. The summed E-state index contributed by atoms with van der Waals surface area (Å²) in [5.41, 5.74) is 12.1. The highest BCUT2D eigenvalue weighted by Crippen LogP contribution is 2.31. The summed E-state index contributed by atoms with van der Waals surface area (Å²) in [6.45, 7) is 2.10. The van der Waals surface area contributed by atoms with Crippen LogP contribution in [0.15, 0.2) is 23.6 Å². The first kappa shape index (κ1) is 14.1. The van der Waals surface area contributed by atoms with E-state index in [-0.39, 0.29) is 17.7 Å². The number of rotatable bonds is 4. The van der Waals surface area contributed by atoms with Gasteiger partial charge in [0.25, 0.3) is 0 Å². The zero-order valence-electron chi connectivity index (χ0n) is 10.6. The van der Waals surface area contributed by atoms with Gasteiger partial charge in [-0.1, -0.05) is 19.1 Å². The van der Waals surface area contributed by atoms with Gasteiger partial charge < -0.3 is 11.5 Å². The fourth-order valence-electron chi connectivity index (χ4n) is 1.91. The minimum atomic E-state index is -0.903. The molecule has 0 saturated carbocycles. The molecular weight excluding hydrogens is 266 g/mol. The Morgan fingerprint density at radius 2 is 2.00 bits per heavy atom. The van der Waals surface area contributed by atoms with E-state index in [9.17, 15) is 8.78 Å². The summed E-state index contributed by atoms with van der Waals surface area (Å²) >= 11 is 1.54. The fourth-order valence-corrected chi connectivity index (χ4v) is 2.74. The molecule has 1 heterocycles. The lowest BCUT2D eigenvalue weighted by atomic mass is 10.0. The van der Waals surface area contributed by atoms with E-state index >= 15 is 0 Å². The van der Waals surface area contributed by atoms with Gasteiger partial charge in [-0.3, -0.25) is 0 Å². The van der Waals surface area contributed by atoms with Crippen LogP contribution >= 0.6 is 11.3 Å². The predicted octanol–water partition coefficient (Wildman–Crippen LogP) is 3.21. The molecule has 0 bridgehead atoms. The third kappa shape index (κ3) is 2.68. The van der Waals surface area contributed by atoms with Gasteiger partial charge >= 0.3 is 0 Å². The van der Waals surface area contributed by atoms with Gasteiger partial charge in [0, 0.05) is 28.6 Å². The van der Waals surface area contributed by atoms with E-state index in [1.54, 1.807) is 17.4 Å². The van der Waals surface area contributed by atoms with Crippen molar-refractivity contribution in [3.05, 3.63) is 45.7 Å². The van der Waals surface area contributed by atoms with Gasteiger partial charge in [-0.2, -0.15) is 0 Å². The van der Waals surface area contributed by atoms with Crippen molar-refractivity contribution in [2.45, 2.75) is 19.4 Å². The van der Waals surface area contributed by atoms with E-state index in [0.29, 0.717) is 5.56 Å². The van der Waals surface area contributed by atoms with Crippen LogP contribution in [-0.4, -0.2) is 6.54 Å². The number of thiophene rings is 1. The van der Waals surface area contributed by atoms with Gasteiger partial charge in [-0.05, 0) is 23.4 Å². The number of benzene rings is 1. The van der Waals surface area contributed by atoms with Crippen LogP contribution < -0.4 is 11.5 Å². The Morgan fingerprint density at radius 1 is 1.26 bits per heavy atom. The number of hydrogen-bond acceptors (Lipinski definition) is 3. The molecule has 5 heteroatoms. The summed E-state index contributed by atoms with van der Waals surface area (Å²) < 4.78 is 28.1. The summed E-state index contributed by atoms with van der Waals surface area (Å²) in [6.07, 6.45) is 0.880. The average Bonchev–Trinajstić information content (AvgIpc) is 2.89. The second-order valence-corrected chi connectivity index (χ2v) is 5.32.